The summed E-state index contributed by atoms with van der Waals surface area (Å²) in [6, 6.07) is 19.4. The van der Waals surface area contributed by atoms with E-state index in [1.165, 1.54) is 0 Å². The van der Waals surface area contributed by atoms with Crippen LogP contribution in [0.2, 0.25) is 0 Å². The van der Waals surface area contributed by atoms with Crippen LogP contribution in [0.5, 0.6) is 5.75 Å². The Balaban J connectivity index is 1.71. The van der Waals surface area contributed by atoms with E-state index in [0.717, 1.165) is 16.9 Å². The van der Waals surface area contributed by atoms with E-state index in [1.54, 1.807) is 20.1 Å². The minimum Gasteiger partial charge on any atom is -0.496 e. The molecular weight excluding hydrogens is 352 g/mol. The van der Waals surface area contributed by atoms with Gasteiger partial charge in [-0.2, -0.15) is 0 Å². The third kappa shape index (κ3) is 4.85. The molecule has 6 heteroatoms. The highest BCUT2D eigenvalue weighted by Gasteiger charge is 2.13. The summed E-state index contributed by atoms with van der Waals surface area (Å²) >= 11 is 0. The summed E-state index contributed by atoms with van der Waals surface area (Å²) in [7, 11) is 1.61. The smallest absolute Gasteiger partial charge is 0.270 e. The molecule has 1 aromatic heterocycles. The van der Waals surface area contributed by atoms with Crippen molar-refractivity contribution in [2.24, 2.45) is 0 Å². The van der Waals surface area contributed by atoms with Gasteiger partial charge in [0.2, 0.25) is 0 Å². The normalized spacial score (nSPS) is 11.5. The zero-order valence-corrected chi connectivity index (χ0v) is 16.3. The highest BCUT2D eigenvalue weighted by atomic mass is 16.5. The molecule has 0 bridgehead atoms. The van der Waals surface area contributed by atoms with E-state index in [9.17, 15) is 4.79 Å². The third-order valence-electron chi connectivity index (χ3n) is 4.37. The number of ether oxygens (including phenoxy) is 1. The number of nitrogens with one attached hydrogen (secondary N) is 2. The van der Waals surface area contributed by atoms with Gasteiger partial charge in [-0.25, -0.2) is 9.97 Å². The molecule has 1 unspecified atom stereocenters. The van der Waals surface area contributed by atoms with Crippen molar-refractivity contribution < 1.29 is 9.53 Å². The van der Waals surface area contributed by atoms with Crippen LogP contribution in [0.1, 0.15) is 40.4 Å². The molecular formula is C22H24N4O2. The number of aryl methyl sites for hydroxylation is 1. The van der Waals surface area contributed by atoms with Crippen LogP contribution in [0.4, 0.5) is 5.82 Å². The largest absolute Gasteiger partial charge is 0.496 e. The average Bonchev–Trinajstić information content (AvgIpc) is 2.72. The number of carbonyl (C=O) groups excluding carboxylic acids is 1. The monoisotopic (exact) mass is 376 g/mol. The number of rotatable bonds is 7. The molecule has 0 aliphatic heterocycles. The number of methoxy groups -OCH3 is 1. The summed E-state index contributed by atoms with van der Waals surface area (Å²) in [5.74, 6) is 1.63. The van der Waals surface area contributed by atoms with Gasteiger partial charge in [-0.1, -0.05) is 48.5 Å². The lowest BCUT2D eigenvalue weighted by Gasteiger charge is -2.16. The molecule has 0 saturated heterocycles. The molecule has 0 aliphatic rings. The fourth-order valence-corrected chi connectivity index (χ4v) is 2.92. The number of carbonyl (C=O) groups is 1. The molecule has 6 nitrogen and oxygen atoms in total. The molecule has 0 fully saturated rings. The molecule has 3 aromatic rings. The second-order valence-electron chi connectivity index (χ2n) is 6.46. The maximum atomic E-state index is 12.6. The van der Waals surface area contributed by atoms with Gasteiger partial charge < -0.3 is 15.4 Å². The number of para-hydroxylation sites is 1. The van der Waals surface area contributed by atoms with Crippen molar-refractivity contribution in [1.82, 2.24) is 15.3 Å². The van der Waals surface area contributed by atoms with Gasteiger partial charge in [0.1, 0.15) is 23.1 Å². The second-order valence-corrected chi connectivity index (χ2v) is 6.46. The van der Waals surface area contributed by atoms with Crippen LogP contribution in [0.25, 0.3) is 0 Å². The molecule has 1 atom stereocenters. The maximum absolute atomic E-state index is 12.6. The van der Waals surface area contributed by atoms with Crippen molar-refractivity contribution in [3.05, 3.63) is 83.3 Å². The number of amides is 1. The molecule has 0 spiro atoms. The minimum absolute atomic E-state index is 0.0555. The zero-order chi connectivity index (χ0) is 19.9. The van der Waals surface area contributed by atoms with Crippen LogP contribution in [0.15, 0.2) is 60.7 Å². The van der Waals surface area contributed by atoms with Crippen molar-refractivity contribution in [2.45, 2.75) is 26.4 Å². The van der Waals surface area contributed by atoms with Gasteiger partial charge in [-0.3, -0.25) is 4.79 Å². The quantitative estimate of drug-likeness (QED) is 0.654. The average molecular weight is 376 g/mol. The predicted molar refractivity (Wildman–Crippen MR) is 109 cm³/mol. The summed E-state index contributed by atoms with van der Waals surface area (Å²) in [5, 5.41) is 6.23. The topological polar surface area (TPSA) is 76.1 Å². The van der Waals surface area contributed by atoms with Gasteiger partial charge in [0.25, 0.3) is 5.91 Å². The fraction of sp³-hybridized carbons (Fsp3) is 0.227. The second kappa shape index (κ2) is 8.99. The Kier molecular flexibility index (Phi) is 6.22. The number of benzene rings is 2. The molecule has 0 radical (unpaired) electrons. The van der Waals surface area contributed by atoms with Gasteiger partial charge in [-0.05, 0) is 25.5 Å². The van der Waals surface area contributed by atoms with Crippen molar-refractivity contribution in [3.8, 4) is 5.75 Å². The summed E-state index contributed by atoms with van der Waals surface area (Å²) in [6.07, 6.45) is 0. The van der Waals surface area contributed by atoms with Crippen LogP contribution < -0.4 is 15.4 Å². The Hall–Kier alpha value is -3.41. The maximum Gasteiger partial charge on any atom is 0.270 e. The van der Waals surface area contributed by atoms with E-state index < -0.39 is 0 Å². The van der Waals surface area contributed by atoms with Crippen LogP contribution in [0.3, 0.4) is 0 Å². The fourth-order valence-electron chi connectivity index (χ4n) is 2.92. The van der Waals surface area contributed by atoms with Crippen molar-refractivity contribution >= 4 is 11.7 Å². The summed E-state index contributed by atoms with van der Waals surface area (Å²) in [6.45, 7) is 4.18. The first-order valence-corrected chi connectivity index (χ1v) is 9.14. The molecule has 1 heterocycles. The molecule has 0 saturated carbocycles. The van der Waals surface area contributed by atoms with Crippen LogP contribution >= 0.6 is 0 Å². The van der Waals surface area contributed by atoms with Crippen LogP contribution in [-0.4, -0.2) is 23.0 Å². The third-order valence-corrected chi connectivity index (χ3v) is 4.37. The Morgan fingerprint density at radius 3 is 2.54 bits per heavy atom. The van der Waals surface area contributed by atoms with E-state index in [1.807, 2.05) is 61.5 Å². The molecule has 2 N–H and O–H groups in total. The van der Waals surface area contributed by atoms with Crippen LogP contribution in [-0.2, 0) is 6.54 Å². The lowest BCUT2D eigenvalue weighted by molar-refractivity contribution is 0.0945. The van der Waals surface area contributed by atoms with Gasteiger partial charge >= 0.3 is 0 Å². The van der Waals surface area contributed by atoms with E-state index in [-0.39, 0.29) is 11.9 Å². The lowest BCUT2D eigenvalue weighted by Crippen LogP contribution is -2.25. The number of hydrogen-bond acceptors (Lipinski definition) is 5. The molecule has 0 aliphatic carbocycles. The van der Waals surface area contributed by atoms with Gasteiger partial charge in [0.05, 0.1) is 7.11 Å². The van der Waals surface area contributed by atoms with Crippen molar-refractivity contribution in [1.29, 1.82) is 0 Å². The first-order valence-electron chi connectivity index (χ1n) is 9.14. The van der Waals surface area contributed by atoms with Crippen LogP contribution in [0, 0.1) is 6.92 Å². The summed E-state index contributed by atoms with van der Waals surface area (Å²) in [4.78, 5) is 21.3. The molecule has 28 heavy (non-hydrogen) atoms. The van der Waals surface area contributed by atoms with Gasteiger partial charge in [-0.15, -0.1) is 0 Å². The van der Waals surface area contributed by atoms with E-state index in [2.05, 4.69) is 20.6 Å². The van der Waals surface area contributed by atoms with Gasteiger partial charge in [0, 0.05) is 24.2 Å². The molecule has 3 rings (SSSR count). The van der Waals surface area contributed by atoms with E-state index >= 15 is 0 Å². The zero-order valence-electron chi connectivity index (χ0n) is 16.3. The molecule has 2 aromatic carbocycles. The summed E-state index contributed by atoms with van der Waals surface area (Å²) in [5.41, 5.74) is 2.37. The molecule has 1 amide bonds. The summed E-state index contributed by atoms with van der Waals surface area (Å²) < 4.78 is 5.32. The standard InChI is InChI=1S/C22H24N4O2/c1-15(17-9-5-4-6-10-17)24-21-13-19(25-16(2)26-21)22(27)23-14-18-11-7-8-12-20(18)28-3/h4-13,15H,14H2,1-3H3,(H,23,27)(H,24,25,26). The Morgan fingerprint density at radius 1 is 1.07 bits per heavy atom. The molecule has 144 valence electrons. The van der Waals surface area contributed by atoms with E-state index in [0.29, 0.717) is 23.9 Å². The van der Waals surface area contributed by atoms with E-state index in [4.69, 9.17) is 4.74 Å². The highest BCUT2D eigenvalue weighted by molar-refractivity contribution is 5.92. The predicted octanol–water partition coefficient (Wildman–Crippen LogP) is 3.90. The van der Waals surface area contributed by atoms with Crippen molar-refractivity contribution in [3.63, 3.8) is 0 Å². The first-order chi connectivity index (χ1) is 13.6. The number of nitrogens with zero attached hydrogens (tertiary/aromatic N) is 2. The highest BCUT2D eigenvalue weighted by Crippen LogP contribution is 2.19. The minimum atomic E-state index is -0.258. The first kappa shape index (κ1) is 19.4. The number of hydrogen-bond donors (Lipinski definition) is 2. The lowest BCUT2D eigenvalue weighted by atomic mass is 10.1. The van der Waals surface area contributed by atoms with Gasteiger partial charge in [0.15, 0.2) is 0 Å². The SMILES string of the molecule is COc1ccccc1CNC(=O)c1cc(NC(C)c2ccccc2)nc(C)n1. The Bertz CT molecular complexity index is 944. The number of anilines is 1. The van der Waals surface area contributed by atoms with Crippen molar-refractivity contribution in [2.75, 3.05) is 12.4 Å². The number of aromatic nitrogens is 2. The Morgan fingerprint density at radius 2 is 1.79 bits per heavy atom. The Labute approximate surface area is 165 Å².